The zero-order valence-corrected chi connectivity index (χ0v) is 7.82. The molecule has 11 heavy (non-hydrogen) atoms. The average Bonchev–Trinajstić information content (AvgIpc) is 1.88. The van der Waals surface area contributed by atoms with E-state index in [2.05, 4.69) is 0 Å². The van der Waals surface area contributed by atoms with Gasteiger partial charge in [0.2, 0.25) is 0 Å². The zero-order chi connectivity index (χ0) is 7.98. The Bertz CT molecular complexity index is 107. The molecular weight excluding hydrogens is 166 g/mol. The lowest BCUT2D eigenvalue weighted by molar-refractivity contribution is -0.144. The van der Waals surface area contributed by atoms with Gasteiger partial charge in [-0.1, -0.05) is 13.3 Å². The minimum absolute atomic E-state index is 0. The second-order valence-electron chi connectivity index (χ2n) is 2.31. The van der Waals surface area contributed by atoms with Crippen LogP contribution in [0.15, 0.2) is 0 Å². The molecule has 0 rings (SSSR count). The van der Waals surface area contributed by atoms with Gasteiger partial charge >= 0.3 is 5.97 Å². The van der Waals surface area contributed by atoms with Crippen molar-refractivity contribution in [2.75, 3.05) is 6.61 Å². The molecule has 68 valence electrons. The summed E-state index contributed by atoms with van der Waals surface area (Å²) >= 11 is 0. The third kappa shape index (κ3) is 7.62. The van der Waals surface area contributed by atoms with Crippen molar-refractivity contribution in [1.29, 1.82) is 0 Å². The van der Waals surface area contributed by atoms with Crippen LogP contribution in [0.2, 0.25) is 0 Å². The van der Waals surface area contributed by atoms with Crippen molar-refractivity contribution in [3.8, 4) is 0 Å². The van der Waals surface area contributed by atoms with Gasteiger partial charge in [-0.3, -0.25) is 4.79 Å². The van der Waals surface area contributed by atoms with Crippen molar-refractivity contribution < 1.29 is 9.53 Å². The second-order valence-corrected chi connectivity index (χ2v) is 2.31. The van der Waals surface area contributed by atoms with Crippen molar-refractivity contribution in [2.24, 2.45) is 5.73 Å². The molecule has 0 amide bonds. The fourth-order valence-corrected chi connectivity index (χ4v) is 0.449. The Morgan fingerprint density at radius 2 is 2.18 bits per heavy atom. The van der Waals surface area contributed by atoms with E-state index < -0.39 is 6.04 Å². The summed E-state index contributed by atoms with van der Waals surface area (Å²) in [6.45, 7) is 4.16. The van der Waals surface area contributed by atoms with Crippen LogP contribution < -0.4 is 5.73 Å². The molecule has 0 aromatic carbocycles. The maximum Gasteiger partial charge on any atom is 0.322 e. The first-order valence-corrected chi connectivity index (χ1v) is 3.60. The molecule has 0 aliphatic heterocycles. The highest BCUT2D eigenvalue weighted by molar-refractivity contribution is 5.85. The molecule has 0 heterocycles. The van der Waals surface area contributed by atoms with Crippen LogP contribution in [-0.4, -0.2) is 18.6 Å². The average molecular weight is 182 g/mol. The van der Waals surface area contributed by atoms with Gasteiger partial charge in [0.25, 0.3) is 0 Å². The van der Waals surface area contributed by atoms with Crippen molar-refractivity contribution >= 4 is 18.4 Å². The topological polar surface area (TPSA) is 52.3 Å². The predicted molar refractivity (Wildman–Crippen MR) is 46.8 cm³/mol. The maximum absolute atomic E-state index is 10.7. The van der Waals surface area contributed by atoms with Gasteiger partial charge in [-0.05, 0) is 13.3 Å². The Kier molecular flexibility index (Phi) is 9.47. The smallest absolute Gasteiger partial charge is 0.322 e. The molecule has 0 aromatic heterocycles. The molecular formula is C7H16ClNO2. The third-order valence-corrected chi connectivity index (χ3v) is 1.11. The van der Waals surface area contributed by atoms with E-state index >= 15 is 0 Å². The third-order valence-electron chi connectivity index (χ3n) is 1.11. The normalized spacial score (nSPS) is 11.5. The molecule has 0 unspecified atom stereocenters. The Morgan fingerprint density at radius 1 is 1.64 bits per heavy atom. The number of nitrogens with two attached hydrogens (primary N) is 1. The van der Waals surface area contributed by atoms with E-state index in [0.717, 1.165) is 12.8 Å². The van der Waals surface area contributed by atoms with Crippen LogP contribution in [0.1, 0.15) is 26.7 Å². The van der Waals surface area contributed by atoms with Gasteiger partial charge in [0.15, 0.2) is 0 Å². The van der Waals surface area contributed by atoms with Crippen LogP contribution in [0.3, 0.4) is 0 Å². The molecule has 4 heteroatoms. The molecule has 0 saturated carbocycles. The second kappa shape index (κ2) is 7.82. The summed E-state index contributed by atoms with van der Waals surface area (Å²) < 4.78 is 4.78. The van der Waals surface area contributed by atoms with Gasteiger partial charge in [0.05, 0.1) is 6.61 Å². The Labute approximate surface area is 73.7 Å². The van der Waals surface area contributed by atoms with Gasteiger partial charge in [0, 0.05) is 0 Å². The fourth-order valence-electron chi connectivity index (χ4n) is 0.449. The van der Waals surface area contributed by atoms with E-state index in [1.807, 2.05) is 6.92 Å². The Balaban J connectivity index is 0. The minimum atomic E-state index is -0.489. The number of halogens is 1. The number of hydrogen-bond donors (Lipinski definition) is 1. The first-order chi connectivity index (χ1) is 4.68. The molecule has 0 bridgehead atoms. The number of rotatable bonds is 4. The molecule has 0 aliphatic carbocycles. The van der Waals surface area contributed by atoms with Crippen molar-refractivity contribution in [3.05, 3.63) is 0 Å². The SMILES string of the molecule is CCCCOC(=O)[C@H](C)N.Cl. The molecule has 2 N–H and O–H groups in total. The lowest BCUT2D eigenvalue weighted by atomic mass is 10.3. The Morgan fingerprint density at radius 3 is 2.55 bits per heavy atom. The predicted octanol–water partition coefficient (Wildman–Crippen LogP) is 1.10. The van der Waals surface area contributed by atoms with E-state index in [1.54, 1.807) is 6.92 Å². The van der Waals surface area contributed by atoms with E-state index in [0.29, 0.717) is 6.61 Å². The molecule has 0 radical (unpaired) electrons. The summed E-state index contributed by atoms with van der Waals surface area (Å²) in [6.07, 6.45) is 1.95. The van der Waals surface area contributed by atoms with Gasteiger partial charge in [0.1, 0.15) is 6.04 Å². The zero-order valence-electron chi connectivity index (χ0n) is 7.00. The van der Waals surface area contributed by atoms with Crippen molar-refractivity contribution in [1.82, 2.24) is 0 Å². The Hall–Kier alpha value is -0.280. The number of unbranched alkanes of at least 4 members (excludes halogenated alkanes) is 1. The first kappa shape index (κ1) is 13.3. The molecule has 0 spiro atoms. The van der Waals surface area contributed by atoms with E-state index in [4.69, 9.17) is 10.5 Å². The molecule has 0 aliphatic rings. The van der Waals surface area contributed by atoms with Crippen LogP contribution >= 0.6 is 12.4 Å². The highest BCUT2D eigenvalue weighted by Gasteiger charge is 2.06. The first-order valence-electron chi connectivity index (χ1n) is 3.60. The molecule has 0 fully saturated rings. The van der Waals surface area contributed by atoms with Gasteiger partial charge < -0.3 is 10.5 Å². The summed E-state index contributed by atoms with van der Waals surface area (Å²) in [6, 6.07) is -0.489. The number of ether oxygens (including phenoxy) is 1. The number of carbonyl (C=O) groups is 1. The van der Waals surface area contributed by atoms with Crippen LogP contribution in [0.4, 0.5) is 0 Å². The van der Waals surface area contributed by atoms with E-state index in [-0.39, 0.29) is 18.4 Å². The monoisotopic (exact) mass is 181 g/mol. The molecule has 0 saturated heterocycles. The lowest BCUT2D eigenvalue weighted by Gasteiger charge is -2.04. The van der Waals surface area contributed by atoms with E-state index in [1.165, 1.54) is 0 Å². The summed E-state index contributed by atoms with van der Waals surface area (Å²) in [5.41, 5.74) is 5.24. The van der Waals surface area contributed by atoms with Crippen LogP contribution in [0, 0.1) is 0 Å². The van der Waals surface area contributed by atoms with Crippen molar-refractivity contribution in [3.63, 3.8) is 0 Å². The van der Waals surface area contributed by atoms with Crippen LogP contribution in [0.25, 0.3) is 0 Å². The van der Waals surface area contributed by atoms with Crippen LogP contribution in [0.5, 0.6) is 0 Å². The minimum Gasteiger partial charge on any atom is -0.465 e. The quantitative estimate of drug-likeness (QED) is 0.522. The lowest BCUT2D eigenvalue weighted by Crippen LogP contribution is -2.28. The van der Waals surface area contributed by atoms with Crippen molar-refractivity contribution in [2.45, 2.75) is 32.7 Å². The molecule has 1 atom stereocenters. The number of esters is 1. The highest BCUT2D eigenvalue weighted by atomic mass is 35.5. The number of carbonyl (C=O) groups excluding carboxylic acids is 1. The highest BCUT2D eigenvalue weighted by Crippen LogP contribution is 1.90. The molecule has 0 aromatic rings. The number of hydrogen-bond acceptors (Lipinski definition) is 3. The summed E-state index contributed by atoms with van der Waals surface area (Å²) in [5, 5.41) is 0. The van der Waals surface area contributed by atoms with Gasteiger partial charge in [-0.25, -0.2) is 0 Å². The van der Waals surface area contributed by atoms with Gasteiger partial charge in [-0.15, -0.1) is 12.4 Å². The summed E-state index contributed by atoms with van der Waals surface area (Å²) in [7, 11) is 0. The summed E-state index contributed by atoms with van der Waals surface area (Å²) in [4.78, 5) is 10.7. The maximum atomic E-state index is 10.7. The van der Waals surface area contributed by atoms with Gasteiger partial charge in [-0.2, -0.15) is 0 Å². The standard InChI is InChI=1S/C7H15NO2.ClH/c1-3-4-5-10-7(9)6(2)8;/h6H,3-5,8H2,1-2H3;1H/t6-;/m0./s1. The summed E-state index contributed by atoms with van der Waals surface area (Å²) in [5.74, 6) is -0.312. The fraction of sp³-hybridized carbons (Fsp3) is 0.857. The van der Waals surface area contributed by atoms with E-state index in [9.17, 15) is 4.79 Å². The molecule has 3 nitrogen and oxygen atoms in total. The largest absolute Gasteiger partial charge is 0.465 e. The van der Waals surface area contributed by atoms with Crippen LogP contribution in [-0.2, 0) is 9.53 Å².